The molecule has 1 N–H and O–H groups in total. The minimum absolute atomic E-state index is 0.237. The molecule has 2 aliphatic rings. The summed E-state index contributed by atoms with van der Waals surface area (Å²) in [4.78, 5) is 7.28. The number of sulfonamides is 1. The van der Waals surface area contributed by atoms with Gasteiger partial charge in [-0.15, -0.1) is 0 Å². The Morgan fingerprint density at radius 2 is 2.14 bits per heavy atom. The van der Waals surface area contributed by atoms with Crippen LogP contribution in [0.15, 0.2) is 23.4 Å². The van der Waals surface area contributed by atoms with Crippen LogP contribution in [0.4, 0.5) is 0 Å². The van der Waals surface area contributed by atoms with Crippen molar-refractivity contribution in [3.05, 3.63) is 23.5 Å². The summed E-state index contributed by atoms with van der Waals surface area (Å²) < 4.78 is 27.4. The average Bonchev–Trinajstić information content (AvgIpc) is 3.04. The first-order valence-electron chi connectivity index (χ1n) is 7.14. The number of fused-ring (bicyclic) bond motifs is 1. The third-order valence-electron chi connectivity index (χ3n) is 4.92. The molecule has 2 aromatic rings. The smallest absolute Gasteiger partial charge is 0.245 e. The summed E-state index contributed by atoms with van der Waals surface area (Å²) in [5, 5.41) is 0.908. The van der Waals surface area contributed by atoms with Crippen LogP contribution >= 0.6 is 11.6 Å². The number of nitrogens with one attached hydrogen (secondary N) is 1. The van der Waals surface area contributed by atoms with E-state index in [1.807, 2.05) is 0 Å². The first-order chi connectivity index (χ1) is 10.0. The van der Waals surface area contributed by atoms with Gasteiger partial charge in [0.05, 0.1) is 10.4 Å². The minimum Gasteiger partial charge on any atom is -0.345 e. The third-order valence-corrected chi connectivity index (χ3v) is 7.11. The van der Waals surface area contributed by atoms with Gasteiger partial charge < -0.3 is 4.98 Å². The standard InChI is InChI=1S/C14H16ClN3O2S/c15-10-2-6-16-13-12(10)11(8-17-13)21(19,20)18-7-5-14(9-18)3-1-4-14/h2,6,8H,1,3-5,7,9H2,(H,16,17). The number of halogens is 1. The Kier molecular flexibility index (Phi) is 2.87. The molecule has 0 aromatic carbocycles. The molecule has 1 aliphatic heterocycles. The lowest BCUT2D eigenvalue weighted by molar-refractivity contribution is 0.153. The molecule has 7 heteroatoms. The second-order valence-electron chi connectivity index (χ2n) is 6.11. The van der Waals surface area contributed by atoms with Crippen molar-refractivity contribution in [2.24, 2.45) is 5.41 Å². The van der Waals surface area contributed by atoms with Crippen LogP contribution in [0.2, 0.25) is 5.02 Å². The lowest BCUT2D eigenvalue weighted by atomic mass is 9.68. The largest absolute Gasteiger partial charge is 0.345 e. The van der Waals surface area contributed by atoms with Crippen molar-refractivity contribution in [1.29, 1.82) is 0 Å². The monoisotopic (exact) mass is 325 g/mol. The zero-order valence-electron chi connectivity index (χ0n) is 11.5. The van der Waals surface area contributed by atoms with Crippen LogP contribution in [0.25, 0.3) is 11.0 Å². The molecule has 1 spiro atoms. The van der Waals surface area contributed by atoms with Gasteiger partial charge in [0.1, 0.15) is 10.5 Å². The Labute approximate surface area is 128 Å². The first kappa shape index (κ1) is 13.5. The van der Waals surface area contributed by atoms with Gasteiger partial charge in [-0.25, -0.2) is 13.4 Å². The van der Waals surface area contributed by atoms with E-state index in [1.54, 1.807) is 16.6 Å². The topological polar surface area (TPSA) is 66.1 Å². The number of H-pyrrole nitrogens is 1. The van der Waals surface area contributed by atoms with Gasteiger partial charge in [0, 0.05) is 25.5 Å². The van der Waals surface area contributed by atoms with Gasteiger partial charge in [-0.1, -0.05) is 18.0 Å². The maximum atomic E-state index is 12.9. The van der Waals surface area contributed by atoms with Crippen molar-refractivity contribution in [3.63, 3.8) is 0 Å². The van der Waals surface area contributed by atoms with Crippen molar-refractivity contribution in [1.82, 2.24) is 14.3 Å². The van der Waals surface area contributed by atoms with E-state index in [9.17, 15) is 8.42 Å². The van der Waals surface area contributed by atoms with Crippen molar-refractivity contribution >= 4 is 32.7 Å². The highest BCUT2D eigenvalue weighted by Gasteiger charge is 2.46. The van der Waals surface area contributed by atoms with Gasteiger partial charge in [0.15, 0.2) is 0 Å². The van der Waals surface area contributed by atoms with Gasteiger partial charge in [0.2, 0.25) is 10.0 Å². The van der Waals surface area contributed by atoms with Gasteiger partial charge in [-0.3, -0.25) is 0 Å². The molecule has 0 atom stereocenters. The molecule has 0 amide bonds. The normalized spacial score (nSPS) is 22.0. The average molecular weight is 326 g/mol. The highest BCUT2D eigenvalue weighted by Crippen LogP contribution is 2.49. The second-order valence-corrected chi connectivity index (χ2v) is 8.43. The summed E-state index contributed by atoms with van der Waals surface area (Å²) in [5.74, 6) is 0. The molecule has 2 aromatic heterocycles. The molecule has 1 saturated heterocycles. The van der Waals surface area contributed by atoms with Crippen LogP contribution in [0.3, 0.4) is 0 Å². The van der Waals surface area contributed by atoms with Crippen molar-refractivity contribution < 1.29 is 8.42 Å². The van der Waals surface area contributed by atoms with E-state index in [2.05, 4.69) is 9.97 Å². The molecule has 4 rings (SSSR count). The summed E-state index contributed by atoms with van der Waals surface area (Å²) >= 11 is 6.17. The number of hydrogen-bond donors (Lipinski definition) is 1. The van der Waals surface area contributed by atoms with E-state index in [0.717, 1.165) is 19.3 Å². The van der Waals surface area contributed by atoms with Crippen LogP contribution in [0.5, 0.6) is 0 Å². The highest BCUT2D eigenvalue weighted by molar-refractivity contribution is 7.89. The number of aromatic nitrogens is 2. The fraction of sp³-hybridized carbons (Fsp3) is 0.500. The Balaban J connectivity index is 1.77. The molecule has 112 valence electrons. The van der Waals surface area contributed by atoms with Crippen LogP contribution < -0.4 is 0 Å². The van der Waals surface area contributed by atoms with E-state index in [0.29, 0.717) is 29.1 Å². The first-order valence-corrected chi connectivity index (χ1v) is 8.95. The molecule has 3 heterocycles. The third kappa shape index (κ3) is 1.93. The molecule has 0 radical (unpaired) electrons. The Morgan fingerprint density at radius 3 is 2.81 bits per heavy atom. The van der Waals surface area contributed by atoms with Gasteiger partial charge >= 0.3 is 0 Å². The van der Waals surface area contributed by atoms with Crippen LogP contribution in [-0.4, -0.2) is 35.8 Å². The Hall–Kier alpha value is -1.11. The summed E-state index contributed by atoms with van der Waals surface area (Å²) in [6, 6.07) is 1.62. The molecule has 1 saturated carbocycles. The molecule has 1 aliphatic carbocycles. The number of pyridine rings is 1. The maximum Gasteiger partial charge on any atom is 0.245 e. The molecular formula is C14H16ClN3O2S. The molecular weight excluding hydrogens is 310 g/mol. The van der Waals surface area contributed by atoms with Crippen LogP contribution in [0.1, 0.15) is 25.7 Å². The molecule has 21 heavy (non-hydrogen) atoms. The maximum absolute atomic E-state index is 12.9. The Morgan fingerprint density at radius 1 is 1.33 bits per heavy atom. The number of aromatic amines is 1. The molecule has 0 unspecified atom stereocenters. The molecule has 2 fully saturated rings. The Bertz CT molecular complexity index is 811. The highest BCUT2D eigenvalue weighted by atomic mass is 35.5. The predicted octanol–water partition coefficient (Wildman–Crippen LogP) is 2.78. The summed E-state index contributed by atoms with van der Waals surface area (Å²) in [5.41, 5.74) is 0.750. The summed E-state index contributed by atoms with van der Waals surface area (Å²) in [7, 11) is -3.51. The lowest BCUT2D eigenvalue weighted by Crippen LogP contribution is -2.35. The fourth-order valence-electron chi connectivity index (χ4n) is 3.51. The second kappa shape index (κ2) is 4.44. The quantitative estimate of drug-likeness (QED) is 0.923. The zero-order chi connectivity index (χ0) is 14.7. The van der Waals surface area contributed by atoms with E-state index >= 15 is 0 Å². The molecule has 0 bridgehead atoms. The lowest BCUT2D eigenvalue weighted by Gasteiger charge is -2.37. The van der Waals surface area contributed by atoms with E-state index in [4.69, 9.17) is 11.6 Å². The fourth-order valence-corrected chi connectivity index (χ4v) is 5.54. The SMILES string of the molecule is O=S(=O)(c1c[nH]c2nccc(Cl)c12)N1CCC2(CCC2)C1. The van der Waals surface area contributed by atoms with Gasteiger partial charge in [-0.05, 0) is 30.7 Å². The summed E-state index contributed by atoms with van der Waals surface area (Å²) in [6.07, 6.45) is 7.56. The number of rotatable bonds is 2. The minimum atomic E-state index is -3.51. The molecule has 5 nitrogen and oxygen atoms in total. The number of hydrogen-bond acceptors (Lipinski definition) is 3. The van der Waals surface area contributed by atoms with Gasteiger partial charge in [-0.2, -0.15) is 4.31 Å². The van der Waals surface area contributed by atoms with E-state index in [-0.39, 0.29) is 10.3 Å². The number of nitrogens with zero attached hydrogens (tertiary/aromatic N) is 2. The van der Waals surface area contributed by atoms with Crippen LogP contribution in [0, 0.1) is 5.41 Å². The van der Waals surface area contributed by atoms with Crippen molar-refractivity contribution in [2.45, 2.75) is 30.6 Å². The summed E-state index contributed by atoms with van der Waals surface area (Å²) in [6.45, 7) is 1.24. The van der Waals surface area contributed by atoms with Crippen LogP contribution in [-0.2, 0) is 10.0 Å². The van der Waals surface area contributed by atoms with E-state index < -0.39 is 10.0 Å². The van der Waals surface area contributed by atoms with E-state index in [1.165, 1.54) is 12.6 Å². The van der Waals surface area contributed by atoms with Crippen molar-refractivity contribution in [2.75, 3.05) is 13.1 Å². The zero-order valence-corrected chi connectivity index (χ0v) is 13.0. The van der Waals surface area contributed by atoms with Gasteiger partial charge in [0.25, 0.3) is 0 Å². The predicted molar refractivity (Wildman–Crippen MR) is 80.8 cm³/mol. The van der Waals surface area contributed by atoms with Crippen molar-refractivity contribution in [3.8, 4) is 0 Å².